The maximum Gasteiger partial charge on any atom is 0.231 e. The Morgan fingerprint density at radius 3 is 2.94 bits per heavy atom. The maximum absolute atomic E-state index is 8.98. The summed E-state index contributed by atoms with van der Waals surface area (Å²) in [5.41, 5.74) is 1.22. The number of fused-ring (bicyclic) bond motifs is 1. The molecule has 1 aromatic carbocycles. The monoisotopic (exact) mass is 251 g/mol. The molecule has 0 aromatic heterocycles. The molecular weight excluding hydrogens is 230 g/mol. The van der Waals surface area contributed by atoms with Crippen LogP contribution in [0, 0.1) is 5.41 Å². The van der Waals surface area contributed by atoms with Crippen LogP contribution in [0.25, 0.3) is 0 Å². The van der Waals surface area contributed by atoms with Crippen LogP contribution in [0.15, 0.2) is 18.2 Å². The minimum atomic E-state index is 0.101. The van der Waals surface area contributed by atoms with Crippen molar-refractivity contribution >= 4 is 0 Å². The second-order valence-electron chi connectivity index (χ2n) is 5.39. The third-order valence-corrected chi connectivity index (χ3v) is 3.19. The maximum atomic E-state index is 8.98. The van der Waals surface area contributed by atoms with Crippen LogP contribution >= 0.6 is 0 Å². The van der Waals surface area contributed by atoms with Gasteiger partial charge in [-0.3, -0.25) is 0 Å². The largest absolute Gasteiger partial charge is 0.454 e. The predicted molar refractivity (Wildman–Crippen MR) is 69.8 cm³/mol. The first-order valence-electron chi connectivity index (χ1n) is 6.31. The molecule has 0 saturated heterocycles. The molecule has 100 valence electrons. The summed E-state index contributed by atoms with van der Waals surface area (Å²) in [5.74, 6) is 1.67. The first kappa shape index (κ1) is 13.2. The van der Waals surface area contributed by atoms with Crippen LogP contribution in [0.3, 0.4) is 0 Å². The fourth-order valence-electron chi connectivity index (χ4n) is 2.06. The van der Waals surface area contributed by atoms with Crippen molar-refractivity contribution in [2.45, 2.75) is 26.8 Å². The van der Waals surface area contributed by atoms with E-state index in [0.29, 0.717) is 6.79 Å². The van der Waals surface area contributed by atoms with Crippen molar-refractivity contribution in [3.8, 4) is 11.5 Å². The molecule has 0 spiro atoms. The molecule has 0 unspecified atom stereocenters. The van der Waals surface area contributed by atoms with Crippen molar-refractivity contribution in [2.75, 3.05) is 19.9 Å². The lowest BCUT2D eigenvalue weighted by Gasteiger charge is -2.24. The highest BCUT2D eigenvalue weighted by atomic mass is 16.7. The van der Waals surface area contributed by atoms with E-state index < -0.39 is 0 Å². The summed E-state index contributed by atoms with van der Waals surface area (Å²) in [6, 6.07) is 5.94. The van der Waals surface area contributed by atoms with Crippen LogP contribution in [0.4, 0.5) is 0 Å². The zero-order valence-corrected chi connectivity index (χ0v) is 11.0. The minimum Gasteiger partial charge on any atom is -0.454 e. The topological polar surface area (TPSA) is 50.7 Å². The molecule has 0 amide bonds. The summed E-state index contributed by atoms with van der Waals surface area (Å²) in [6.45, 7) is 6.44. The van der Waals surface area contributed by atoms with Gasteiger partial charge in [-0.1, -0.05) is 26.0 Å². The zero-order chi connectivity index (χ0) is 13.0. The van der Waals surface area contributed by atoms with Crippen molar-refractivity contribution in [3.63, 3.8) is 0 Å². The van der Waals surface area contributed by atoms with Gasteiger partial charge in [-0.15, -0.1) is 0 Å². The Morgan fingerprint density at radius 1 is 1.33 bits per heavy atom. The Kier molecular flexibility index (Phi) is 4.09. The molecule has 1 heterocycles. The van der Waals surface area contributed by atoms with E-state index >= 15 is 0 Å². The lowest BCUT2D eigenvalue weighted by atomic mass is 9.90. The molecule has 0 bridgehead atoms. The number of hydrogen-bond acceptors (Lipinski definition) is 4. The van der Waals surface area contributed by atoms with Gasteiger partial charge in [0.1, 0.15) is 0 Å². The van der Waals surface area contributed by atoms with Gasteiger partial charge >= 0.3 is 0 Å². The van der Waals surface area contributed by atoms with E-state index in [9.17, 15) is 0 Å². The summed E-state index contributed by atoms with van der Waals surface area (Å²) >= 11 is 0. The highest BCUT2D eigenvalue weighted by Crippen LogP contribution is 2.35. The van der Waals surface area contributed by atoms with E-state index in [1.54, 1.807) is 0 Å². The van der Waals surface area contributed by atoms with Gasteiger partial charge in [0.05, 0.1) is 0 Å². The Balaban J connectivity index is 1.90. The SMILES string of the molecule is CC(C)(CCO)CNCc1cccc2c1OCO2. The average molecular weight is 251 g/mol. The highest BCUT2D eigenvalue weighted by molar-refractivity contribution is 5.48. The predicted octanol–water partition coefficient (Wildman–Crippen LogP) is 1.91. The normalized spacial score (nSPS) is 13.9. The van der Waals surface area contributed by atoms with Gasteiger partial charge in [-0.2, -0.15) is 0 Å². The van der Waals surface area contributed by atoms with Gasteiger partial charge in [-0.05, 0) is 17.9 Å². The molecule has 4 nitrogen and oxygen atoms in total. The van der Waals surface area contributed by atoms with Crippen LogP contribution in [0.1, 0.15) is 25.8 Å². The molecular formula is C14H21NO3. The summed E-state index contributed by atoms with van der Waals surface area (Å²) in [7, 11) is 0. The van der Waals surface area contributed by atoms with Gasteiger partial charge in [0.25, 0.3) is 0 Å². The Labute approximate surface area is 108 Å². The van der Waals surface area contributed by atoms with Crippen LogP contribution in [-0.4, -0.2) is 25.1 Å². The van der Waals surface area contributed by atoms with E-state index in [2.05, 4.69) is 19.2 Å². The van der Waals surface area contributed by atoms with Crippen LogP contribution in [0.2, 0.25) is 0 Å². The number of rotatable bonds is 6. The summed E-state index contributed by atoms with van der Waals surface area (Å²) in [4.78, 5) is 0. The Hall–Kier alpha value is -1.26. The summed E-state index contributed by atoms with van der Waals surface area (Å²) in [6.07, 6.45) is 0.798. The van der Waals surface area contributed by atoms with Crippen molar-refractivity contribution in [2.24, 2.45) is 5.41 Å². The number of ether oxygens (including phenoxy) is 2. The van der Waals surface area contributed by atoms with E-state index in [-0.39, 0.29) is 12.0 Å². The second-order valence-corrected chi connectivity index (χ2v) is 5.39. The van der Waals surface area contributed by atoms with Crippen molar-refractivity contribution in [1.82, 2.24) is 5.32 Å². The van der Waals surface area contributed by atoms with E-state index in [4.69, 9.17) is 14.6 Å². The molecule has 0 saturated carbocycles. The van der Waals surface area contributed by atoms with Gasteiger partial charge in [-0.25, -0.2) is 0 Å². The van der Waals surface area contributed by atoms with Crippen LogP contribution in [0.5, 0.6) is 11.5 Å². The highest BCUT2D eigenvalue weighted by Gasteiger charge is 2.19. The zero-order valence-electron chi connectivity index (χ0n) is 11.0. The number of benzene rings is 1. The van der Waals surface area contributed by atoms with Crippen molar-refractivity contribution in [1.29, 1.82) is 0 Å². The number of nitrogens with one attached hydrogen (secondary N) is 1. The van der Waals surface area contributed by atoms with Crippen molar-refractivity contribution < 1.29 is 14.6 Å². The van der Waals surface area contributed by atoms with Gasteiger partial charge < -0.3 is 19.9 Å². The molecule has 4 heteroatoms. The second kappa shape index (κ2) is 5.59. The quantitative estimate of drug-likeness (QED) is 0.811. The lowest BCUT2D eigenvalue weighted by molar-refractivity contribution is 0.173. The number of para-hydroxylation sites is 1. The van der Waals surface area contributed by atoms with Gasteiger partial charge in [0.15, 0.2) is 11.5 Å². The molecule has 0 radical (unpaired) electrons. The average Bonchev–Trinajstić information content (AvgIpc) is 2.77. The van der Waals surface area contributed by atoms with E-state index in [1.807, 2.05) is 18.2 Å². The molecule has 1 aromatic rings. The van der Waals surface area contributed by atoms with Crippen LogP contribution < -0.4 is 14.8 Å². The Morgan fingerprint density at radius 2 is 2.17 bits per heavy atom. The van der Waals surface area contributed by atoms with Gasteiger partial charge in [0, 0.05) is 25.3 Å². The van der Waals surface area contributed by atoms with Gasteiger partial charge in [0.2, 0.25) is 6.79 Å². The molecule has 1 aliphatic rings. The standard InChI is InChI=1S/C14H21NO3/c1-14(2,6-7-16)9-15-8-11-4-3-5-12-13(11)18-10-17-12/h3-5,15-16H,6-10H2,1-2H3. The summed E-state index contributed by atoms with van der Waals surface area (Å²) in [5, 5.41) is 12.4. The third kappa shape index (κ3) is 3.15. The fourth-order valence-corrected chi connectivity index (χ4v) is 2.06. The number of aliphatic hydroxyl groups is 1. The molecule has 0 fully saturated rings. The molecule has 0 aliphatic carbocycles. The molecule has 1 aliphatic heterocycles. The first-order chi connectivity index (χ1) is 8.62. The lowest BCUT2D eigenvalue weighted by Crippen LogP contribution is -2.29. The molecule has 2 rings (SSSR count). The smallest absolute Gasteiger partial charge is 0.231 e. The Bertz CT molecular complexity index is 404. The third-order valence-electron chi connectivity index (χ3n) is 3.19. The number of hydrogen-bond donors (Lipinski definition) is 2. The molecule has 2 N–H and O–H groups in total. The van der Waals surface area contributed by atoms with E-state index in [0.717, 1.165) is 36.6 Å². The van der Waals surface area contributed by atoms with Crippen LogP contribution in [-0.2, 0) is 6.54 Å². The number of aliphatic hydroxyl groups excluding tert-OH is 1. The van der Waals surface area contributed by atoms with Crippen molar-refractivity contribution in [3.05, 3.63) is 23.8 Å². The molecule has 0 atom stereocenters. The fraction of sp³-hybridized carbons (Fsp3) is 0.571. The summed E-state index contributed by atoms with van der Waals surface area (Å²) < 4.78 is 10.8. The minimum absolute atomic E-state index is 0.101. The van der Waals surface area contributed by atoms with E-state index in [1.165, 1.54) is 0 Å². The first-order valence-corrected chi connectivity index (χ1v) is 6.31. The molecule has 18 heavy (non-hydrogen) atoms.